The predicted molar refractivity (Wildman–Crippen MR) is 111 cm³/mol. The molecule has 0 bridgehead atoms. The molecule has 0 aliphatic heterocycles. The van der Waals surface area contributed by atoms with Gasteiger partial charge < -0.3 is 5.11 Å². The molecule has 0 fully saturated rings. The minimum atomic E-state index is -3.47. The van der Waals surface area contributed by atoms with Crippen LogP contribution in [0.2, 0.25) is 0 Å². The molecule has 0 radical (unpaired) electrons. The predicted octanol–water partition coefficient (Wildman–Crippen LogP) is 5.27. The summed E-state index contributed by atoms with van der Waals surface area (Å²) in [5.41, 5.74) is 4.73. The van der Waals surface area contributed by atoms with E-state index in [-0.39, 0.29) is 5.75 Å². The molecule has 0 atom stereocenters. The summed E-state index contributed by atoms with van der Waals surface area (Å²) in [4.78, 5) is 0. The number of phenolic OH excluding ortho intramolecular Hbond substituents is 1. The van der Waals surface area contributed by atoms with E-state index < -0.39 is 10.0 Å². The zero-order valence-electron chi connectivity index (χ0n) is 15.0. The Hall–Kier alpha value is -2.05. The van der Waals surface area contributed by atoms with Crippen LogP contribution in [0.3, 0.4) is 0 Å². The summed E-state index contributed by atoms with van der Waals surface area (Å²) in [7, 11) is -3.47. The molecule has 136 valence electrons. The van der Waals surface area contributed by atoms with Gasteiger partial charge in [0.1, 0.15) is 5.75 Å². The van der Waals surface area contributed by atoms with Gasteiger partial charge in [-0.3, -0.25) is 4.72 Å². The molecule has 0 aromatic heterocycles. The molecule has 6 heteroatoms. The molecule has 3 rings (SSSR count). The van der Waals surface area contributed by atoms with Gasteiger partial charge in [0.05, 0.1) is 16.4 Å². The molecule has 4 nitrogen and oxygen atoms in total. The van der Waals surface area contributed by atoms with Crippen LogP contribution >= 0.6 is 15.9 Å². The summed E-state index contributed by atoms with van der Waals surface area (Å²) in [5.74, 6) is 0.0894. The molecular weight excluding hydrogens is 414 g/mol. The molecule has 0 saturated heterocycles. The fraction of sp³-hybridized carbons (Fsp3) is 0.200. The van der Waals surface area contributed by atoms with Gasteiger partial charge in [0.25, 0.3) is 0 Å². The van der Waals surface area contributed by atoms with Crippen LogP contribution in [0.15, 0.2) is 40.9 Å². The Morgan fingerprint density at radius 1 is 1.00 bits per heavy atom. The van der Waals surface area contributed by atoms with Crippen LogP contribution in [0.5, 0.6) is 5.75 Å². The molecule has 3 aromatic rings. The van der Waals surface area contributed by atoms with Gasteiger partial charge in [0.2, 0.25) is 10.0 Å². The van der Waals surface area contributed by atoms with E-state index in [1.165, 1.54) is 0 Å². The maximum atomic E-state index is 11.9. The maximum Gasteiger partial charge on any atom is 0.229 e. The zero-order valence-corrected chi connectivity index (χ0v) is 17.4. The maximum absolute atomic E-state index is 11.9. The lowest BCUT2D eigenvalue weighted by Gasteiger charge is -2.21. The second-order valence-corrected chi connectivity index (χ2v) is 9.15. The van der Waals surface area contributed by atoms with Crippen molar-refractivity contribution in [2.24, 2.45) is 0 Å². The van der Waals surface area contributed by atoms with Crippen LogP contribution < -0.4 is 4.72 Å². The van der Waals surface area contributed by atoms with Gasteiger partial charge in [-0.1, -0.05) is 24.3 Å². The quantitative estimate of drug-likeness (QED) is 0.590. The summed E-state index contributed by atoms with van der Waals surface area (Å²) in [6.07, 6.45) is 1.13. The Morgan fingerprint density at radius 3 is 2.31 bits per heavy atom. The third-order valence-corrected chi connectivity index (χ3v) is 5.88. The first-order valence-electron chi connectivity index (χ1n) is 8.09. The molecule has 0 unspecified atom stereocenters. The van der Waals surface area contributed by atoms with E-state index in [0.717, 1.165) is 33.7 Å². The van der Waals surface area contributed by atoms with Gasteiger partial charge in [-0.15, -0.1) is 0 Å². The number of sulfonamides is 1. The number of aromatic hydroxyl groups is 1. The van der Waals surface area contributed by atoms with Crippen LogP contribution in [0.25, 0.3) is 21.9 Å². The Labute approximate surface area is 162 Å². The zero-order chi connectivity index (χ0) is 19.2. The van der Waals surface area contributed by atoms with Gasteiger partial charge in [0.15, 0.2) is 0 Å². The summed E-state index contributed by atoms with van der Waals surface area (Å²) < 4.78 is 27.0. The van der Waals surface area contributed by atoms with E-state index in [9.17, 15) is 13.5 Å². The van der Waals surface area contributed by atoms with Crippen LogP contribution in [0, 0.1) is 20.8 Å². The lowest BCUT2D eigenvalue weighted by molar-refractivity contribution is 0.474. The average Bonchev–Trinajstić information content (AvgIpc) is 2.54. The number of rotatable bonds is 3. The molecule has 0 aliphatic rings. The van der Waals surface area contributed by atoms with Gasteiger partial charge >= 0.3 is 0 Å². The van der Waals surface area contributed by atoms with Crippen molar-refractivity contribution in [2.75, 3.05) is 11.0 Å². The van der Waals surface area contributed by atoms with Gasteiger partial charge in [-0.05, 0) is 76.3 Å². The smallest absolute Gasteiger partial charge is 0.229 e. The van der Waals surface area contributed by atoms with Crippen LogP contribution in [-0.2, 0) is 10.0 Å². The average molecular weight is 434 g/mol. The van der Waals surface area contributed by atoms with E-state index in [2.05, 4.69) is 20.7 Å². The lowest BCUT2D eigenvalue weighted by Crippen LogP contribution is -2.12. The largest absolute Gasteiger partial charge is 0.506 e. The number of hydrogen-bond acceptors (Lipinski definition) is 3. The second kappa shape index (κ2) is 6.59. The van der Waals surface area contributed by atoms with E-state index in [1.54, 1.807) is 0 Å². The summed E-state index contributed by atoms with van der Waals surface area (Å²) in [6.45, 7) is 5.88. The Kier molecular flexibility index (Phi) is 4.75. The molecule has 0 amide bonds. The number of aryl methyl sites for hydroxylation is 1. The van der Waals surface area contributed by atoms with Crippen molar-refractivity contribution < 1.29 is 13.5 Å². The van der Waals surface area contributed by atoms with Crippen molar-refractivity contribution >= 4 is 42.4 Å². The third-order valence-electron chi connectivity index (χ3n) is 4.68. The third kappa shape index (κ3) is 3.31. The second-order valence-electron chi connectivity index (χ2n) is 6.54. The van der Waals surface area contributed by atoms with E-state index in [0.29, 0.717) is 21.3 Å². The SMILES string of the molecule is Cc1cc(NS(C)(=O)=O)c(-c2c(O)c(Br)cc3ccccc23)c(C)c1C. The Balaban J connectivity index is 2.50. The first kappa shape index (κ1) is 18.7. The number of phenols is 1. The molecule has 0 aliphatic carbocycles. The number of anilines is 1. The highest BCUT2D eigenvalue weighted by Crippen LogP contribution is 2.46. The first-order valence-corrected chi connectivity index (χ1v) is 10.8. The van der Waals surface area contributed by atoms with Crippen molar-refractivity contribution in [3.05, 3.63) is 57.6 Å². The van der Waals surface area contributed by atoms with Crippen molar-refractivity contribution in [1.82, 2.24) is 0 Å². The fourth-order valence-corrected chi connectivity index (χ4v) is 4.25. The van der Waals surface area contributed by atoms with Crippen molar-refractivity contribution in [3.8, 4) is 16.9 Å². The van der Waals surface area contributed by atoms with Gasteiger partial charge in [-0.2, -0.15) is 0 Å². The Morgan fingerprint density at radius 2 is 1.65 bits per heavy atom. The summed E-state index contributed by atoms with van der Waals surface area (Å²) in [5, 5.41) is 12.6. The van der Waals surface area contributed by atoms with E-state index in [1.807, 2.05) is 57.2 Å². The minimum absolute atomic E-state index is 0.0894. The summed E-state index contributed by atoms with van der Waals surface area (Å²) >= 11 is 3.42. The minimum Gasteiger partial charge on any atom is -0.506 e. The van der Waals surface area contributed by atoms with Crippen molar-refractivity contribution in [3.63, 3.8) is 0 Å². The molecule has 2 N–H and O–H groups in total. The number of benzene rings is 3. The molecular formula is C20H20BrNO3S. The number of halogens is 1. The number of nitrogens with one attached hydrogen (secondary N) is 1. The highest BCUT2D eigenvalue weighted by molar-refractivity contribution is 9.10. The number of fused-ring (bicyclic) bond motifs is 1. The monoisotopic (exact) mass is 433 g/mol. The lowest BCUT2D eigenvalue weighted by atomic mass is 9.89. The van der Waals surface area contributed by atoms with E-state index >= 15 is 0 Å². The van der Waals surface area contributed by atoms with E-state index in [4.69, 9.17) is 0 Å². The molecule has 0 spiro atoms. The molecule has 0 saturated carbocycles. The van der Waals surface area contributed by atoms with Gasteiger partial charge in [0, 0.05) is 11.1 Å². The van der Waals surface area contributed by atoms with Crippen LogP contribution in [-0.4, -0.2) is 19.8 Å². The molecule has 3 aromatic carbocycles. The van der Waals surface area contributed by atoms with Crippen LogP contribution in [0.4, 0.5) is 5.69 Å². The summed E-state index contributed by atoms with van der Waals surface area (Å²) in [6, 6.07) is 11.4. The molecule has 0 heterocycles. The fourth-order valence-electron chi connectivity index (χ4n) is 3.24. The topological polar surface area (TPSA) is 66.4 Å². The van der Waals surface area contributed by atoms with Crippen molar-refractivity contribution in [2.45, 2.75) is 20.8 Å². The Bertz CT molecular complexity index is 1140. The molecule has 26 heavy (non-hydrogen) atoms. The highest BCUT2D eigenvalue weighted by Gasteiger charge is 2.21. The normalized spacial score (nSPS) is 11.7. The van der Waals surface area contributed by atoms with Crippen LogP contribution in [0.1, 0.15) is 16.7 Å². The van der Waals surface area contributed by atoms with Gasteiger partial charge in [-0.25, -0.2) is 8.42 Å². The number of hydrogen-bond donors (Lipinski definition) is 2. The van der Waals surface area contributed by atoms with Crippen molar-refractivity contribution in [1.29, 1.82) is 0 Å². The standard InChI is InChI=1S/C20H20BrNO3S/c1-11-9-17(22-26(4,24)25)18(13(3)12(11)2)19-15-8-6-5-7-14(15)10-16(21)20(19)23/h5-10,22-23H,1-4H3. The highest BCUT2D eigenvalue weighted by atomic mass is 79.9. The first-order chi connectivity index (χ1) is 12.1.